The zero-order valence-corrected chi connectivity index (χ0v) is 21.9. The second-order valence-electron chi connectivity index (χ2n) is 9.37. The Bertz CT molecular complexity index is 1890. The van der Waals surface area contributed by atoms with Crippen molar-refractivity contribution in [2.75, 3.05) is 17.3 Å². The normalized spacial score (nSPS) is 11.3. The van der Waals surface area contributed by atoms with Crippen LogP contribution < -0.4 is 16.0 Å². The minimum atomic E-state index is -0.525. The van der Waals surface area contributed by atoms with E-state index in [9.17, 15) is 4.79 Å². The van der Waals surface area contributed by atoms with Crippen LogP contribution in [0.15, 0.2) is 60.9 Å². The van der Waals surface area contributed by atoms with E-state index in [0.717, 1.165) is 44.9 Å². The number of aromatic nitrogens is 7. The molecule has 0 spiro atoms. The van der Waals surface area contributed by atoms with E-state index in [2.05, 4.69) is 49.4 Å². The topological polar surface area (TPSA) is 144 Å². The maximum Gasteiger partial charge on any atom is 0.250 e. The van der Waals surface area contributed by atoms with E-state index < -0.39 is 5.91 Å². The zero-order chi connectivity index (χ0) is 27.3. The first-order valence-electron chi connectivity index (χ1n) is 12.3. The Labute approximate surface area is 223 Å². The molecule has 0 atom stereocenters. The van der Waals surface area contributed by atoms with Crippen molar-refractivity contribution < 1.29 is 4.79 Å². The number of amides is 1. The van der Waals surface area contributed by atoms with E-state index in [1.807, 2.05) is 54.9 Å². The van der Waals surface area contributed by atoms with Crippen molar-refractivity contribution in [3.8, 4) is 11.5 Å². The average molecular weight is 519 g/mol. The monoisotopic (exact) mass is 518 g/mol. The van der Waals surface area contributed by atoms with Crippen LogP contribution in [0.1, 0.15) is 21.6 Å². The van der Waals surface area contributed by atoms with E-state index in [4.69, 9.17) is 10.7 Å². The van der Waals surface area contributed by atoms with Crippen molar-refractivity contribution in [2.45, 2.75) is 13.8 Å². The highest BCUT2D eigenvalue weighted by atomic mass is 16.1. The van der Waals surface area contributed by atoms with Crippen molar-refractivity contribution in [3.05, 3.63) is 77.7 Å². The summed E-state index contributed by atoms with van der Waals surface area (Å²) in [5.74, 6) is 1.21. The van der Waals surface area contributed by atoms with Crippen LogP contribution in [0.2, 0.25) is 0 Å². The second-order valence-corrected chi connectivity index (χ2v) is 9.37. The summed E-state index contributed by atoms with van der Waals surface area (Å²) in [5.41, 5.74) is 12.4. The fraction of sp³-hybridized carbons (Fsp3) is 0.143. The van der Waals surface area contributed by atoms with Gasteiger partial charge in [-0.25, -0.2) is 9.97 Å². The Hall–Kier alpha value is -5.32. The molecule has 6 aromatic rings. The van der Waals surface area contributed by atoms with E-state index in [0.29, 0.717) is 28.5 Å². The fourth-order valence-corrected chi connectivity index (χ4v) is 4.62. The number of fused-ring (bicyclic) bond motifs is 2. The Morgan fingerprint density at radius 3 is 2.72 bits per heavy atom. The molecule has 0 radical (unpaired) electrons. The van der Waals surface area contributed by atoms with E-state index >= 15 is 0 Å². The zero-order valence-electron chi connectivity index (χ0n) is 21.9. The molecule has 39 heavy (non-hydrogen) atoms. The maximum absolute atomic E-state index is 11.8. The predicted molar refractivity (Wildman–Crippen MR) is 151 cm³/mol. The van der Waals surface area contributed by atoms with Gasteiger partial charge in [0.05, 0.1) is 28.5 Å². The van der Waals surface area contributed by atoms with Gasteiger partial charge in [0.25, 0.3) is 5.91 Å². The average Bonchev–Trinajstić information content (AvgIpc) is 3.48. The summed E-state index contributed by atoms with van der Waals surface area (Å²) < 4.78 is 1.88. The number of hydrogen-bond donors (Lipinski definition) is 3. The number of H-pyrrole nitrogens is 1. The molecule has 194 valence electrons. The maximum atomic E-state index is 11.8. The molecule has 0 aliphatic rings. The molecule has 0 aliphatic carbocycles. The molecule has 4 heterocycles. The molecule has 6 rings (SSSR count). The number of pyridine rings is 1. The lowest BCUT2D eigenvalue weighted by Crippen LogP contribution is -2.12. The Balaban J connectivity index is 1.25. The van der Waals surface area contributed by atoms with E-state index in [-0.39, 0.29) is 0 Å². The third-order valence-electron chi connectivity index (χ3n) is 6.82. The molecular formula is C28H26N10O. The lowest BCUT2D eigenvalue weighted by molar-refractivity contribution is 0.100. The van der Waals surface area contributed by atoms with Gasteiger partial charge >= 0.3 is 0 Å². The molecule has 0 saturated carbocycles. The molecular weight excluding hydrogens is 492 g/mol. The highest BCUT2D eigenvalue weighted by Gasteiger charge is 2.15. The Kier molecular flexibility index (Phi) is 5.68. The molecule has 4 aromatic heterocycles. The minimum Gasteiger partial charge on any atom is -0.366 e. The van der Waals surface area contributed by atoms with Crippen molar-refractivity contribution in [1.29, 1.82) is 0 Å². The Morgan fingerprint density at radius 1 is 1.08 bits per heavy atom. The molecule has 4 N–H and O–H groups in total. The molecule has 0 unspecified atom stereocenters. The van der Waals surface area contributed by atoms with Gasteiger partial charge in [-0.2, -0.15) is 10.1 Å². The molecule has 11 nitrogen and oxygen atoms in total. The number of anilines is 4. The number of nitrogens with two attached hydrogens (primary N) is 1. The summed E-state index contributed by atoms with van der Waals surface area (Å²) in [4.78, 5) is 35.3. The minimum absolute atomic E-state index is 0.364. The second kappa shape index (κ2) is 9.21. The quantitative estimate of drug-likeness (QED) is 0.292. The summed E-state index contributed by atoms with van der Waals surface area (Å²) in [5, 5.41) is 8.96. The van der Waals surface area contributed by atoms with Gasteiger partial charge in [-0.3, -0.25) is 14.5 Å². The van der Waals surface area contributed by atoms with Gasteiger partial charge in [0.2, 0.25) is 5.95 Å². The SMILES string of the molecule is Cc1cc(Nc2nccc(N(C)c3ccc4c(C)n(C)nc4c3)n2)cnc1-c1nc2c(C(N)=O)cccc2[nH]1. The lowest BCUT2D eigenvalue weighted by atomic mass is 10.2. The summed E-state index contributed by atoms with van der Waals surface area (Å²) in [6, 6.07) is 15.3. The number of rotatable bonds is 6. The van der Waals surface area contributed by atoms with E-state index in [1.165, 1.54) is 0 Å². The largest absolute Gasteiger partial charge is 0.366 e. The number of benzene rings is 2. The number of nitrogens with one attached hydrogen (secondary N) is 2. The number of aromatic amines is 1. The van der Waals surface area contributed by atoms with Gasteiger partial charge in [0.15, 0.2) is 5.82 Å². The lowest BCUT2D eigenvalue weighted by Gasteiger charge is -2.19. The van der Waals surface area contributed by atoms with E-state index in [1.54, 1.807) is 24.5 Å². The summed E-state index contributed by atoms with van der Waals surface area (Å²) >= 11 is 0. The summed E-state index contributed by atoms with van der Waals surface area (Å²) in [7, 11) is 3.90. The van der Waals surface area contributed by atoms with Gasteiger partial charge in [-0.05, 0) is 61.9 Å². The number of imidazole rings is 1. The van der Waals surface area contributed by atoms with Crippen LogP contribution in [-0.4, -0.2) is 47.7 Å². The molecule has 0 fully saturated rings. The molecule has 0 bridgehead atoms. The number of carbonyl (C=O) groups is 1. The molecule has 1 amide bonds. The van der Waals surface area contributed by atoms with Crippen LogP contribution in [0.4, 0.5) is 23.1 Å². The van der Waals surface area contributed by atoms with Crippen molar-refractivity contribution in [2.24, 2.45) is 12.8 Å². The first-order chi connectivity index (χ1) is 18.8. The van der Waals surface area contributed by atoms with Gasteiger partial charge in [-0.1, -0.05) is 6.07 Å². The van der Waals surface area contributed by atoms with Crippen LogP contribution >= 0.6 is 0 Å². The van der Waals surface area contributed by atoms with Crippen LogP contribution in [0.5, 0.6) is 0 Å². The first-order valence-corrected chi connectivity index (χ1v) is 12.3. The molecule has 0 saturated heterocycles. The number of primary amides is 1. The van der Waals surface area contributed by atoms with Gasteiger partial charge in [-0.15, -0.1) is 0 Å². The van der Waals surface area contributed by atoms with Gasteiger partial charge in [0.1, 0.15) is 17.0 Å². The van der Waals surface area contributed by atoms with Crippen LogP contribution in [0, 0.1) is 13.8 Å². The number of nitrogens with zero attached hydrogens (tertiary/aromatic N) is 7. The smallest absolute Gasteiger partial charge is 0.250 e. The number of hydrogen-bond acceptors (Lipinski definition) is 8. The van der Waals surface area contributed by atoms with Crippen LogP contribution in [0.25, 0.3) is 33.5 Å². The summed E-state index contributed by atoms with van der Waals surface area (Å²) in [6.45, 7) is 4.00. The standard InChI is InChI=1S/C28H26N10O/c1-15-12-17(14-31-24(15)27-33-21-7-5-6-20(26(29)39)25(21)35-27)32-28-30-11-10-23(34-28)37(3)18-8-9-19-16(2)38(4)36-22(19)13-18/h5-14H,1-4H3,(H2,29,39)(H,33,35)(H,30,32,34). The van der Waals surface area contributed by atoms with Crippen molar-refractivity contribution >= 4 is 51.0 Å². The third-order valence-corrected chi connectivity index (χ3v) is 6.82. The highest BCUT2D eigenvalue weighted by molar-refractivity contribution is 6.04. The number of carbonyl (C=O) groups excluding carboxylic acids is 1. The van der Waals surface area contributed by atoms with Crippen molar-refractivity contribution in [3.63, 3.8) is 0 Å². The predicted octanol–water partition coefficient (Wildman–Crippen LogP) is 4.53. The van der Waals surface area contributed by atoms with Crippen LogP contribution in [0.3, 0.4) is 0 Å². The highest BCUT2D eigenvalue weighted by Crippen LogP contribution is 2.29. The fourth-order valence-electron chi connectivity index (χ4n) is 4.62. The summed E-state index contributed by atoms with van der Waals surface area (Å²) in [6.07, 6.45) is 3.41. The Morgan fingerprint density at radius 2 is 1.92 bits per heavy atom. The molecule has 2 aromatic carbocycles. The molecule has 11 heteroatoms. The van der Waals surface area contributed by atoms with Gasteiger partial charge in [0, 0.05) is 37.1 Å². The van der Waals surface area contributed by atoms with Gasteiger partial charge < -0.3 is 20.9 Å². The molecule has 0 aliphatic heterocycles. The first kappa shape index (κ1) is 24.0. The third kappa shape index (κ3) is 4.29. The van der Waals surface area contributed by atoms with Crippen LogP contribution in [-0.2, 0) is 7.05 Å². The number of para-hydroxylation sites is 1. The van der Waals surface area contributed by atoms with Crippen molar-refractivity contribution in [1.82, 2.24) is 34.7 Å². The number of aryl methyl sites for hydroxylation is 3.